The van der Waals surface area contributed by atoms with Crippen molar-refractivity contribution < 1.29 is 19.1 Å². The van der Waals surface area contributed by atoms with E-state index in [0.29, 0.717) is 41.0 Å². The van der Waals surface area contributed by atoms with Gasteiger partial charge in [0.1, 0.15) is 17.1 Å². The quantitative estimate of drug-likeness (QED) is 0.426. The summed E-state index contributed by atoms with van der Waals surface area (Å²) in [6, 6.07) is 11.8. The number of amides is 2. The zero-order valence-corrected chi connectivity index (χ0v) is 17.5. The molecule has 3 rings (SSSR count). The van der Waals surface area contributed by atoms with Crippen LogP contribution in [0.2, 0.25) is 5.02 Å². The van der Waals surface area contributed by atoms with Crippen molar-refractivity contribution in [1.29, 1.82) is 0 Å². The third-order valence-corrected chi connectivity index (χ3v) is 4.62. The van der Waals surface area contributed by atoms with Crippen LogP contribution in [0.3, 0.4) is 0 Å². The van der Waals surface area contributed by atoms with Gasteiger partial charge in [0.05, 0.1) is 18.9 Å². The van der Waals surface area contributed by atoms with Gasteiger partial charge in [-0.15, -0.1) is 0 Å². The molecule has 0 aliphatic carbocycles. The van der Waals surface area contributed by atoms with Crippen LogP contribution in [0.25, 0.3) is 6.08 Å². The number of hydrogen-bond donors (Lipinski definition) is 1. The predicted octanol–water partition coefficient (Wildman–Crippen LogP) is 3.97. The Hall–Kier alpha value is -2.90. The molecule has 1 aliphatic rings. The molecular weight excluding hydrogens is 412 g/mol. The molecule has 1 fully saturated rings. The molecule has 8 heteroatoms. The number of nitrogens with zero attached hydrogens (tertiary/aromatic N) is 1. The Kier molecular flexibility index (Phi) is 6.51. The highest BCUT2D eigenvalue weighted by Crippen LogP contribution is 2.29. The molecule has 0 bridgehead atoms. The molecule has 0 unspecified atom stereocenters. The van der Waals surface area contributed by atoms with Crippen molar-refractivity contribution >= 4 is 52.5 Å². The average Bonchev–Trinajstić information content (AvgIpc) is 2.68. The molecular formula is C21H19ClN2O4S. The van der Waals surface area contributed by atoms with Gasteiger partial charge >= 0.3 is 0 Å². The molecule has 0 spiro atoms. The second-order valence-electron chi connectivity index (χ2n) is 6.00. The molecule has 0 saturated carbocycles. The maximum Gasteiger partial charge on any atom is 0.270 e. The summed E-state index contributed by atoms with van der Waals surface area (Å²) in [4.78, 5) is 26.8. The molecule has 0 atom stereocenters. The summed E-state index contributed by atoms with van der Waals surface area (Å²) in [7, 11) is 0. The molecule has 2 aromatic rings. The first-order chi connectivity index (χ1) is 13.9. The average molecular weight is 431 g/mol. The maximum absolute atomic E-state index is 13.1. The zero-order valence-electron chi connectivity index (χ0n) is 15.9. The molecule has 0 radical (unpaired) electrons. The Morgan fingerprint density at radius 3 is 2.41 bits per heavy atom. The van der Waals surface area contributed by atoms with Crippen LogP contribution in [0.5, 0.6) is 11.5 Å². The third kappa shape index (κ3) is 4.58. The number of carbonyl (C=O) groups is 2. The van der Waals surface area contributed by atoms with Crippen LogP contribution in [0, 0.1) is 0 Å². The summed E-state index contributed by atoms with van der Waals surface area (Å²) in [5.74, 6) is 0.0539. The number of thiocarbonyl (C=S) groups is 1. The molecule has 150 valence electrons. The van der Waals surface area contributed by atoms with Crippen molar-refractivity contribution in [1.82, 2.24) is 5.32 Å². The van der Waals surface area contributed by atoms with Crippen LogP contribution in [0.4, 0.5) is 5.69 Å². The highest BCUT2D eigenvalue weighted by molar-refractivity contribution is 7.80. The van der Waals surface area contributed by atoms with E-state index in [0.717, 1.165) is 0 Å². The monoisotopic (exact) mass is 430 g/mol. The SMILES string of the molecule is CCOc1ccc(C=C2C(=O)NC(=S)N(c3ccc(Cl)cc3)C2=O)c(OCC)c1. The second kappa shape index (κ2) is 9.07. The normalized spacial score (nSPS) is 15.5. The zero-order chi connectivity index (χ0) is 21.0. The molecule has 1 aliphatic heterocycles. The highest BCUT2D eigenvalue weighted by atomic mass is 35.5. The largest absolute Gasteiger partial charge is 0.494 e. The summed E-state index contributed by atoms with van der Waals surface area (Å²) in [5.41, 5.74) is 1.03. The fraction of sp³-hybridized carbons (Fsp3) is 0.190. The Bertz CT molecular complexity index is 989. The molecule has 6 nitrogen and oxygen atoms in total. The molecule has 2 amide bonds. The van der Waals surface area contributed by atoms with Gasteiger partial charge in [0, 0.05) is 16.7 Å². The third-order valence-electron chi connectivity index (χ3n) is 4.08. The molecule has 1 heterocycles. The van der Waals surface area contributed by atoms with Crippen molar-refractivity contribution in [3.8, 4) is 11.5 Å². The summed E-state index contributed by atoms with van der Waals surface area (Å²) < 4.78 is 11.2. The lowest BCUT2D eigenvalue weighted by Crippen LogP contribution is -2.54. The lowest BCUT2D eigenvalue weighted by atomic mass is 10.1. The van der Waals surface area contributed by atoms with Crippen molar-refractivity contribution in [2.45, 2.75) is 13.8 Å². The first-order valence-corrected chi connectivity index (χ1v) is 9.79. The van der Waals surface area contributed by atoms with E-state index in [9.17, 15) is 9.59 Å². The van der Waals surface area contributed by atoms with Gasteiger partial charge in [-0.1, -0.05) is 11.6 Å². The molecule has 2 aromatic carbocycles. The summed E-state index contributed by atoms with van der Waals surface area (Å²) in [6.07, 6.45) is 1.49. The van der Waals surface area contributed by atoms with Crippen LogP contribution in [0.1, 0.15) is 19.4 Å². The lowest BCUT2D eigenvalue weighted by Gasteiger charge is -2.29. The number of anilines is 1. The van der Waals surface area contributed by atoms with Crippen molar-refractivity contribution in [3.05, 3.63) is 58.6 Å². The van der Waals surface area contributed by atoms with E-state index in [1.807, 2.05) is 13.8 Å². The van der Waals surface area contributed by atoms with Gasteiger partial charge in [-0.2, -0.15) is 0 Å². The number of hydrogen-bond acceptors (Lipinski definition) is 5. The molecule has 29 heavy (non-hydrogen) atoms. The Balaban J connectivity index is 2.01. The minimum atomic E-state index is -0.568. The van der Waals surface area contributed by atoms with Crippen LogP contribution >= 0.6 is 23.8 Å². The fourth-order valence-corrected chi connectivity index (χ4v) is 3.22. The highest BCUT2D eigenvalue weighted by Gasteiger charge is 2.34. The number of benzene rings is 2. The maximum atomic E-state index is 13.1. The van der Waals surface area contributed by atoms with E-state index < -0.39 is 11.8 Å². The van der Waals surface area contributed by atoms with E-state index in [1.165, 1.54) is 11.0 Å². The number of halogens is 1. The van der Waals surface area contributed by atoms with Gasteiger partial charge in [0.2, 0.25) is 0 Å². The Labute approximate surface area is 179 Å². The van der Waals surface area contributed by atoms with Gasteiger partial charge in [-0.25, -0.2) is 0 Å². The van der Waals surface area contributed by atoms with Gasteiger partial charge in [-0.3, -0.25) is 19.8 Å². The Morgan fingerprint density at radius 1 is 1.07 bits per heavy atom. The van der Waals surface area contributed by atoms with E-state index >= 15 is 0 Å². The molecule has 1 N–H and O–H groups in total. The summed E-state index contributed by atoms with van der Waals surface area (Å²) >= 11 is 11.1. The minimum Gasteiger partial charge on any atom is -0.494 e. The number of ether oxygens (including phenoxy) is 2. The topological polar surface area (TPSA) is 67.9 Å². The van der Waals surface area contributed by atoms with Crippen LogP contribution in [-0.2, 0) is 9.59 Å². The number of nitrogens with one attached hydrogen (secondary N) is 1. The summed E-state index contributed by atoms with van der Waals surface area (Å²) in [5, 5.41) is 3.10. The molecule has 1 saturated heterocycles. The van der Waals surface area contributed by atoms with Gasteiger partial charge < -0.3 is 9.47 Å². The molecule has 0 aromatic heterocycles. The smallest absolute Gasteiger partial charge is 0.270 e. The van der Waals surface area contributed by atoms with Crippen LogP contribution < -0.4 is 19.7 Å². The Morgan fingerprint density at radius 2 is 1.76 bits per heavy atom. The first-order valence-electron chi connectivity index (χ1n) is 9.01. The van der Waals surface area contributed by atoms with Crippen LogP contribution in [0.15, 0.2) is 48.0 Å². The first kappa shape index (κ1) is 20.8. The minimum absolute atomic E-state index is 0.0104. The fourth-order valence-electron chi connectivity index (χ4n) is 2.81. The van der Waals surface area contributed by atoms with Crippen LogP contribution in [-0.4, -0.2) is 30.1 Å². The van der Waals surface area contributed by atoms with Gasteiger partial charge in [0.15, 0.2) is 5.11 Å². The van der Waals surface area contributed by atoms with E-state index in [-0.39, 0.29) is 10.7 Å². The predicted molar refractivity (Wildman–Crippen MR) is 116 cm³/mol. The van der Waals surface area contributed by atoms with Crippen molar-refractivity contribution in [2.75, 3.05) is 18.1 Å². The lowest BCUT2D eigenvalue weighted by molar-refractivity contribution is -0.122. The van der Waals surface area contributed by atoms with Crippen molar-refractivity contribution in [2.24, 2.45) is 0 Å². The van der Waals surface area contributed by atoms with Gasteiger partial charge in [0.25, 0.3) is 11.8 Å². The van der Waals surface area contributed by atoms with E-state index in [1.54, 1.807) is 42.5 Å². The second-order valence-corrected chi connectivity index (χ2v) is 6.82. The van der Waals surface area contributed by atoms with E-state index in [4.69, 9.17) is 33.3 Å². The summed E-state index contributed by atoms with van der Waals surface area (Å²) in [6.45, 7) is 4.67. The standard InChI is InChI=1S/C21H19ClN2O4S/c1-3-27-16-10-5-13(18(12-16)28-4-2)11-17-19(25)23-21(29)24(20(17)26)15-8-6-14(22)7-9-15/h5-12H,3-4H2,1-2H3,(H,23,25,29). The van der Waals surface area contributed by atoms with Gasteiger partial charge in [-0.05, 0) is 68.5 Å². The number of rotatable bonds is 6. The van der Waals surface area contributed by atoms with E-state index in [2.05, 4.69) is 5.32 Å². The number of carbonyl (C=O) groups excluding carboxylic acids is 2. The van der Waals surface area contributed by atoms with Crippen molar-refractivity contribution in [3.63, 3.8) is 0 Å².